The van der Waals surface area contributed by atoms with E-state index in [0.29, 0.717) is 6.04 Å². The van der Waals surface area contributed by atoms with Gasteiger partial charge in [-0.1, -0.05) is 25.1 Å². The largest absolute Gasteiger partial charge is 0.378 e. The fourth-order valence-electron chi connectivity index (χ4n) is 1.74. The Bertz CT molecular complexity index is 434. The normalized spacial score (nSPS) is 12.4. The van der Waals surface area contributed by atoms with Crippen LogP contribution in [0, 0.1) is 0 Å². The summed E-state index contributed by atoms with van der Waals surface area (Å²) in [6, 6.07) is 13.3. The smallest absolute Gasteiger partial charge is 0.0578 e. The van der Waals surface area contributed by atoms with E-state index in [2.05, 4.69) is 60.9 Å². The molecule has 1 aromatic carbocycles. The number of aryl methyl sites for hydroxylation is 1. The van der Waals surface area contributed by atoms with E-state index in [1.165, 1.54) is 16.1 Å². The monoisotopic (exact) mass is 231 g/mol. The van der Waals surface area contributed by atoms with Crippen molar-refractivity contribution in [2.45, 2.75) is 26.3 Å². The number of hydrogen-bond donors (Lipinski definition) is 1. The molecule has 2 heteroatoms. The van der Waals surface area contributed by atoms with Gasteiger partial charge in [0.15, 0.2) is 0 Å². The molecular formula is C14H17NS. The van der Waals surface area contributed by atoms with E-state index >= 15 is 0 Å². The van der Waals surface area contributed by atoms with Gasteiger partial charge in [-0.3, -0.25) is 0 Å². The molecule has 16 heavy (non-hydrogen) atoms. The summed E-state index contributed by atoms with van der Waals surface area (Å²) >= 11 is 1.80. The van der Waals surface area contributed by atoms with E-state index in [1.807, 2.05) is 0 Å². The molecule has 0 aliphatic heterocycles. The van der Waals surface area contributed by atoms with Gasteiger partial charge >= 0.3 is 0 Å². The molecule has 1 nitrogen and oxygen atoms in total. The molecule has 0 saturated heterocycles. The third-order valence-electron chi connectivity index (χ3n) is 2.69. The van der Waals surface area contributed by atoms with Gasteiger partial charge in [0.1, 0.15) is 0 Å². The van der Waals surface area contributed by atoms with Crippen LogP contribution in [0.3, 0.4) is 0 Å². The van der Waals surface area contributed by atoms with Crippen LogP contribution in [0.5, 0.6) is 0 Å². The van der Waals surface area contributed by atoms with E-state index in [0.717, 1.165) is 6.42 Å². The minimum Gasteiger partial charge on any atom is -0.378 e. The predicted octanol–water partition coefficient (Wildman–Crippen LogP) is 4.48. The minimum atomic E-state index is 0.382. The summed E-state index contributed by atoms with van der Waals surface area (Å²) in [4.78, 5) is 1.38. The Hall–Kier alpha value is -1.28. The molecule has 1 N–H and O–H groups in total. The first kappa shape index (κ1) is 11.2. The highest BCUT2D eigenvalue weighted by Gasteiger charge is 2.05. The molecule has 2 rings (SSSR count). The van der Waals surface area contributed by atoms with Gasteiger partial charge in [-0.15, -0.1) is 11.3 Å². The average molecular weight is 231 g/mol. The van der Waals surface area contributed by atoms with Crippen LogP contribution >= 0.6 is 11.3 Å². The molecule has 0 aliphatic rings. The van der Waals surface area contributed by atoms with Gasteiger partial charge in [-0.25, -0.2) is 0 Å². The summed E-state index contributed by atoms with van der Waals surface area (Å²) in [5, 5.41) is 5.65. The molecule has 0 amide bonds. The molecule has 0 fully saturated rings. The van der Waals surface area contributed by atoms with Crippen molar-refractivity contribution in [2.24, 2.45) is 0 Å². The second-order valence-corrected chi connectivity index (χ2v) is 4.91. The van der Waals surface area contributed by atoms with Crippen molar-refractivity contribution in [3.63, 3.8) is 0 Å². The molecular weight excluding hydrogens is 214 g/mol. The lowest BCUT2D eigenvalue weighted by molar-refractivity contribution is 0.907. The summed E-state index contributed by atoms with van der Waals surface area (Å²) in [6.45, 7) is 4.38. The van der Waals surface area contributed by atoms with Crippen molar-refractivity contribution in [3.05, 3.63) is 52.2 Å². The highest BCUT2D eigenvalue weighted by atomic mass is 32.1. The maximum atomic E-state index is 3.53. The summed E-state index contributed by atoms with van der Waals surface area (Å²) in [7, 11) is 0. The minimum absolute atomic E-state index is 0.382. The molecule has 2 aromatic rings. The van der Waals surface area contributed by atoms with Crippen LogP contribution in [0.25, 0.3) is 0 Å². The van der Waals surface area contributed by atoms with Gasteiger partial charge in [0.05, 0.1) is 6.04 Å². The van der Waals surface area contributed by atoms with Crippen molar-refractivity contribution in [3.8, 4) is 0 Å². The van der Waals surface area contributed by atoms with Crippen LogP contribution in [-0.2, 0) is 6.42 Å². The van der Waals surface area contributed by atoms with Crippen LogP contribution < -0.4 is 5.32 Å². The van der Waals surface area contributed by atoms with Crippen LogP contribution in [0.4, 0.5) is 5.69 Å². The number of hydrogen-bond acceptors (Lipinski definition) is 2. The number of thiophene rings is 1. The Kier molecular flexibility index (Phi) is 3.62. The van der Waals surface area contributed by atoms with E-state index in [1.54, 1.807) is 11.3 Å². The summed E-state index contributed by atoms with van der Waals surface area (Å²) < 4.78 is 0. The van der Waals surface area contributed by atoms with Crippen molar-refractivity contribution in [2.75, 3.05) is 5.32 Å². The standard InChI is InChI=1S/C14H17NS/c1-3-12-6-4-7-13(10-12)15-11(2)14-8-5-9-16-14/h4-11,15H,3H2,1-2H3. The highest BCUT2D eigenvalue weighted by molar-refractivity contribution is 7.10. The zero-order valence-corrected chi connectivity index (χ0v) is 10.6. The molecule has 1 atom stereocenters. The molecule has 0 bridgehead atoms. The number of nitrogens with one attached hydrogen (secondary N) is 1. The Balaban J connectivity index is 2.08. The van der Waals surface area contributed by atoms with Crippen molar-refractivity contribution in [1.82, 2.24) is 0 Å². The summed E-state index contributed by atoms with van der Waals surface area (Å²) in [5.74, 6) is 0. The topological polar surface area (TPSA) is 12.0 Å². The molecule has 84 valence electrons. The lowest BCUT2D eigenvalue weighted by Crippen LogP contribution is -2.04. The maximum absolute atomic E-state index is 3.53. The first-order valence-electron chi connectivity index (χ1n) is 5.68. The van der Waals surface area contributed by atoms with Crippen molar-refractivity contribution < 1.29 is 0 Å². The van der Waals surface area contributed by atoms with Crippen molar-refractivity contribution >= 4 is 17.0 Å². The fourth-order valence-corrected chi connectivity index (χ4v) is 2.47. The highest BCUT2D eigenvalue weighted by Crippen LogP contribution is 2.23. The van der Waals surface area contributed by atoms with Gasteiger partial charge in [0.2, 0.25) is 0 Å². The van der Waals surface area contributed by atoms with Gasteiger partial charge in [0, 0.05) is 10.6 Å². The lowest BCUT2D eigenvalue weighted by atomic mass is 10.1. The fraction of sp³-hybridized carbons (Fsp3) is 0.286. The van der Waals surface area contributed by atoms with Crippen molar-refractivity contribution in [1.29, 1.82) is 0 Å². The zero-order chi connectivity index (χ0) is 11.4. The first-order chi connectivity index (χ1) is 7.79. The first-order valence-corrected chi connectivity index (χ1v) is 6.56. The molecule has 0 radical (unpaired) electrons. The Labute approximate surface area is 101 Å². The third kappa shape index (κ3) is 2.64. The van der Waals surface area contributed by atoms with E-state index in [4.69, 9.17) is 0 Å². The summed E-state index contributed by atoms with van der Waals surface area (Å²) in [6.07, 6.45) is 1.09. The van der Waals surface area contributed by atoms with Gasteiger partial charge in [0.25, 0.3) is 0 Å². The summed E-state index contributed by atoms with van der Waals surface area (Å²) in [5.41, 5.74) is 2.59. The van der Waals surface area contributed by atoms with E-state index < -0.39 is 0 Å². The number of anilines is 1. The molecule has 1 unspecified atom stereocenters. The Morgan fingerprint density at radius 2 is 2.12 bits per heavy atom. The third-order valence-corrected chi connectivity index (χ3v) is 3.74. The molecule has 0 spiro atoms. The second kappa shape index (κ2) is 5.17. The van der Waals surface area contributed by atoms with Crippen LogP contribution in [-0.4, -0.2) is 0 Å². The number of rotatable bonds is 4. The van der Waals surface area contributed by atoms with Crippen LogP contribution in [0.15, 0.2) is 41.8 Å². The van der Waals surface area contributed by atoms with E-state index in [9.17, 15) is 0 Å². The van der Waals surface area contributed by atoms with Gasteiger partial charge in [-0.2, -0.15) is 0 Å². The lowest BCUT2D eigenvalue weighted by Gasteiger charge is -2.14. The predicted molar refractivity (Wildman–Crippen MR) is 72.2 cm³/mol. The zero-order valence-electron chi connectivity index (χ0n) is 9.73. The maximum Gasteiger partial charge on any atom is 0.0578 e. The second-order valence-electron chi connectivity index (χ2n) is 3.94. The Morgan fingerprint density at radius 3 is 2.81 bits per heavy atom. The average Bonchev–Trinajstić information content (AvgIpc) is 2.83. The van der Waals surface area contributed by atoms with Gasteiger partial charge < -0.3 is 5.32 Å². The quantitative estimate of drug-likeness (QED) is 0.818. The van der Waals surface area contributed by atoms with Crippen LogP contribution in [0.2, 0.25) is 0 Å². The molecule has 1 aromatic heterocycles. The Morgan fingerprint density at radius 1 is 1.25 bits per heavy atom. The SMILES string of the molecule is CCc1cccc(NC(C)c2cccs2)c1. The van der Waals surface area contributed by atoms with Crippen LogP contribution in [0.1, 0.15) is 30.3 Å². The molecule has 1 heterocycles. The molecule has 0 aliphatic carbocycles. The van der Waals surface area contributed by atoms with E-state index in [-0.39, 0.29) is 0 Å². The van der Waals surface area contributed by atoms with Gasteiger partial charge in [-0.05, 0) is 42.5 Å². The number of benzene rings is 1. The molecule has 0 saturated carbocycles.